The number of aliphatic hydroxyl groups is 1. The third kappa shape index (κ3) is 2.84. The Morgan fingerprint density at radius 1 is 1.06 bits per heavy atom. The predicted octanol–water partition coefficient (Wildman–Crippen LogP) is 3.43. The Balaban J connectivity index is 2.36. The molecule has 0 spiro atoms. The zero-order chi connectivity index (χ0) is 12.4. The molecule has 0 saturated carbocycles. The Kier molecular flexibility index (Phi) is 3.46. The van der Waals surface area contributed by atoms with E-state index in [1.165, 1.54) is 0 Å². The van der Waals surface area contributed by atoms with Crippen LogP contribution < -0.4 is 0 Å². The van der Waals surface area contributed by atoms with Crippen LogP contribution in [0, 0.1) is 13.8 Å². The fraction of sp³-hybridized carbons (Fsp3) is 0.214. The molecule has 1 aromatic heterocycles. The Labute approximate surface area is 106 Å². The zero-order valence-electron chi connectivity index (χ0n) is 9.81. The summed E-state index contributed by atoms with van der Waals surface area (Å²) in [7, 11) is 0. The zero-order valence-corrected chi connectivity index (χ0v) is 10.6. The van der Waals surface area contributed by atoms with Crippen molar-refractivity contribution in [3.8, 4) is 0 Å². The van der Waals surface area contributed by atoms with E-state index in [1.807, 2.05) is 26.0 Å². The summed E-state index contributed by atoms with van der Waals surface area (Å²) in [4.78, 5) is 3.98. The molecule has 0 fully saturated rings. The lowest BCUT2D eigenvalue weighted by Crippen LogP contribution is -2.01. The highest BCUT2D eigenvalue weighted by atomic mass is 35.5. The van der Waals surface area contributed by atoms with Crippen molar-refractivity contribution in [2.24, 2.45) is 0 Å². The normalized spacial score (nSPS) is 12.5. The first-order chi connectivity index (χ1) is 8.06. The molecule has 0 saturated heterocycles. The molecule has 2 nitrogen and oxygen atoms in total. The van der Waals surface area contributed by atoms with Crippen molar-refractivity contribution in [2.45, 2.75) is 20.0 Å². The second-order valence-electron chi connectivity index (χ2n) is 4.24. The third-order valence-electron chi connectivity index (χ3n) is 2.63. The van der Waals surface area contributed by atoms with Crippen LogP contribution in [-0.2, 0) is 0 Å². The number of aliphatic hydroxyl groups excluding tert-OH is 1. The predicted molar refractivity (Wildman–Crippen MR) is 69.2 cm³/mol. The largest absolute Gasteiger partial charge is 0.384 e. The summed E-state index contributed by atoms with van der Waals surface area (Å²) in [6.07, 6.45) is 0.948. The lowest BCUT2D eigenvalue weighted by Gasteiger charge is -2.12. The van der Waals surface area contributed by atoms with Gasteiger partial charge in [0, 0.05) is 11.8 Å². The number of halogens is 1. The van der Waals surface area contributed by atoms with Crippen LogP contribution in [0.2, 0.25) is 5.15 Å². The molecule has 2 rings (SSSR count). The van der Waals surface area contributed by atoms with Gasteiger partial charge in [0.15, 0.2) is 0 Å². The van der Waals surface area contributed by atoms with Crippen molar-refractivity contribution in [3.05, 3.63) is 63.9 Å². The maximum atomic E-state index is 10.2. The topological polar surface area (TPSA) is 33.1 Å². The Morgan fingerprint density at radius 3 is 2.24 bits per heavy atom. The molecule has 0 radical (unpaired) electrons. The second-order valence-corrected chi connectivity index (χ2v) is 4.63. The molecule has 1 aromatic carbocycles. The monoisotopic (exact) mass is 247 g/mol. The Bertz CT molecular complexity index is 502. The van der Waals surface area contributed by atoms with Gasteiger partial charge in [0.2, 0.25) is 0 Å². The van der Waals surface area contributed by atoms with Crippen LogP contribution in [0.4, 0.5) is 0 Å². The number of pyridine rings is 1. The first-order valence-electron chi connectivity index (χ1n) is 5.44. The summed E-state index contributed by atoms with van der Waals surface area (Å²) in [5, 5.41) is 10.7. The van der Waals surface area contributed by atoms with Gasteiger partial charge >= 0.3 is 0 Å². The quantitative estimate of drug-likeness (QED) is 0.825. The minimum absolute atomic E-state index is 0.432. The van der Waals surface area contributed by atoms with E-state index in [0.29, 0.717) is 5.15 Å². The molecule has 0 aliphatic heterocycles. The van der Waals surface area contributed by atoms with Gasteiger partial charge in [-0.1, -0.05) is 47.0 Å². The van der Waals surface area contributed by atoms with Crippen molar-refractivity contribution < 1.29 is 5.11 Å². The van der Waals surface area contributed by atoms with E-state index < -0.39 is 6.10 Å². The molecular weight excluding hydrogens is 234 g/mol. The Hall–Kier alpha value is -1.38. The minimum Gasteiger partial charge on any atom is -0.384 e. The van der Waals surface area contributed by atoms with Crippen LogP contribution >= 0.6 is 11.6 Å². The van der Waals surface area contributed by atoms with Gasteiger partial charge in [-0.05, 0) is 25.5 Å². The fourth-order valence-corrected chi connectivity index (χ4v) is 2.02. The van der Waals surface area contributed by atoms with Gasteiger partial charge in [0.1, 0.15) is 11.3 Å². The average Bonchev–Trinajstić information content (AvgIpc) is 2.28. The summed E-state index contributed by atoms with van der Waals surface area (Å²) in [5.74, 6) is 0. The fourth-order valence-electron chi connectivity index (χ4n) is 1.91. The molecule has 3 heteroatoms. The summed E-state index contributed by atoms with van der Waals surface area (Å²) in [6, 6.07) is 9.51. The van der Waals surface area contributed by atoms with Crippen molar-refractivity contribution in [3.63, 3.8) is 0 Å². The number of benzene rings is 1. The van der Waals surface area contributed by atoms with Gasteiger partial charge < -0.3 is 5.11 Å². The first kappa shape index (κ1) is 12.1. The highest BCUT2D eigenvalue weighted by Crippen LogP contribution is 2.23. The maximum absolute atomic E-state index is 10.2. The van der Waals surface area contributed by atoms with Crippen molar-refractivity contribution in [2.75, 3.05) is 0 Å². The number of nitrogens with zero attached hydrogens (tertiary/aromatic N) is 1. The second kappa shape index (κ2) is 4.86. The van der Waals surface area contributed by atoms with Crippen molar-refractivity contribution >= 4 is 11.6 Å². The van der Waals surface area contributed by atoms with Crippen LogP contribution in [-0.4, -0.2) is 10.1 Å². The summed E-state index contributed by atoms with van der Waals surface area (Å²) in [6.45, 7) is 4.03. The van der Waals surface area contributed by atoms with Gasteiger partial charge in [-0.3, -0.25) is 0 Å². The molecular formula is C14H14ClNO. The summed E-state index contributed by atoms with van der Waals surface area (Å²) >= 11 is 5.72. The molecule has 1 atom stereocenters. The van der Waals surface area contributed by atoms with E-state index >= 15 is 0 Å². The van der Waals surface area contributed by atoms with Gasteiger partial charge in [0.05, 0.1) is 0 Å². The van der Waals surface area contributed by atoms with Gasteiger partial charge in [-0.15, -0.1) is 0 Å². The van der Waals surface area contributed by atoms with Crippen LogP contribution in [0.3, 0.4) is 0 Å². The molecule has 0 amide bonds. The summed E-state index contributed by atoms with van der Waals surface area (Å²) < 4.78 is 0. The molecule has 0 aliphatic carbocycles. The third-order valence-corrected chi connectivity index (χ3v) is 2.85. The molecule has 0 bridgehead atoms. The van der Waals surface area contributed by atoms with E-state index in [4.69, 9.17) is 11.6 Å². The van der Waals surface area contributed by atoms with Gasteiger partial charge in [-0.25, -0.2) is 4.98 Å². The lowest BCUT2D eigenvalue weighted by atomic mass is 9.99. The number of hydrogen-bond donors (Lipinski definition) is 1. The molecule has 1 heterocycles. The average molecular weight is 248 g/mol. The number of aryl methyl sites for hydroxylation is 2. The lowest BCUT2D eigenvalue weighted by molar-refractivity contribution is 0.219. The highest BCUT2D eigenvalue weighted by molar-refractivity contribution is 6.29. The van der Waals surface area contributed by atoms with Crippen LogP contribution in [0.5, 0.6) is 0 Å². The van der Waals surface area contributed by atoms with E-state index in [9.17, 15) is 5.11 Å². The number of rotatable bonds is 2. The molecule has 1 unspecified atom stereocenters. The van der Waals surface area contributed by atoms with Gasteiger partial charge in [0.25, 0.3) is 0 Å². The van der Waals surface area contributed by atoms with Crippen LogP contribution in [0.25, 0.3) is 0 Å². The molecule has 0 aliphatic rings. The van der Waals surface area contributed by atoms with E-state index in [-0.39, 0.29) is 0 Å². The molecule has 2 aromatic rings. The van der Waals surface area contributed by atoms with E-state index in [1.54, 1.807) is 18.3 Å². The number of aromatic nitrogens is 1. The van der Waals surface area contributed by atoms with Crippen LogP contribution in [0.15, 0.2) is 36.5 Å². The summed E-state index contributed by atoms with van der Waals surface area (Å²) in [5.41, 5.74) is 3.91. The Morgan fingerprint density at radius 2 is 1.71 bits per heavy atom. The molecule has 88 valence electrons. The highest BCUT2D eigenvalue weighted by Gasteiger charge is 2.11. The van der Waals surface area contributed by atoms with Crippen molar-refractivity contribution in [1.82, 2.24) is 4.98 Å². The number of hydrogen-bond acceptors (Lipinski definition) is 2. The van der Waals surface area contributed by atoms with E-state index in [0.717, 1.165) is 22.3 Å². The van der Waals surface area contributed by atoms with Crippen LogP contribution in [0.1, 0.15) is 28.4 Å². The van der Waals surface area contributed by atoms with E-state index in [2.05, 4.69) is 11.1 Å². The minimum atomic E-state index is -0.654. The maximum Gasteiger partial charge on any atom is 0.129 e. The van der Waals surface area contributed by atoms with Crippen molar-refractivity contribution in [1.29, 1.82) is 0 Å². The first-order valence-corrected chi connectivity index (χ1v) is 5.82. The smallest absolute Gasteiger partial charge is 0.129 e. The molecule has 1 N–H and O–H groups in total. The van der Waals surface area contributed by atoms with Gasteiger partial charge in [-0.2, -0.15) is 0 Å². The standard InChI is InChI=1S/C14H14ClNO/c1-9-5-10(2)7-12(6-9)14(17)11-3-4-13(15)16-8-11/h3-8,14,17H,1-2H3. The molecule has 17 heavy (non-hydrogen) atoms. The SMILES string of the molecule is Cc1cc(C)cc(C(O)c2ccc(Cl)nc2)c1.